The minimum Gasteiger partial charge on any atom is -0.392 e. The largest absolute Gasteiger partial charge is 0.416 e. The van der Waals surface area contributed by atoms with Gasteiger partial charge in [0.15, 0.2) is 0 Å². The Morgan fingerprint density at radius 1 is 1.32 bits per heavy atom. The van der Waals surface area contributed by atoms with Crippen LogP contribution in [0.1, 0.15) is 34.8 Å². The van der Waals surface area contributed by atoms with Crippen LogP contribution in [0.3, 0.4) is 0 Å². The van der Waals surface area contributed by atoms with Crippen LogP contribution in [0.2, 0.25) is 0 Å². The van der Waals surface area contributed by atoms with Crippen molar-refractivity contribution in [3.8, 4) is 6.07 Å². The van der Waals surface area contributed by atoms with Gasteiger partial charge in [-0.25, -0.2) is 0 Å². The first-order valence-electron chi connectivity index (χ1n) is 7.92. The standard InChI is InChI=1S/C18H18F3N3O/c1-23-9-12(5-15(23)8-22)10-24-11-16(25)7-17(24)13-3-2-4-14(6-13)18(19,20)21/h2-6,9,16-17,25H,7,10-11H2,1H3. The molecule has 0 amide bonds. The third kappa shape index (κ3) is 3.70. The summed E-state index contributed by atoms with van der Waals surface area (Å²) in [6.45, 7) is 0.852. The lowest BCUT2D eigenvalue weighted by Gasteiger charge is -2.24. The van der Waals surface area contributed by atoms with Crippen LogP contribution in [0.15, 0.2) is 36.5 Å². The number of aromatic nitrogens is 1. The normalized spacial score (nSPS) is 21.4. The third-order valence-corrected chi connectivity index (χ3v) is 4.54. The summed E-state index contributed by atoms with van der Waals surface area (Å²) in [5.74, 6) is 0. The molecule has 25 heavy (non-hydrogen) atoms. The number of halogens is 3. The number of aryl methyl sites for hydroxylation is 1. The van der Waals surface area contributed by atoms with E-state index >= 15 is 0 Å². The van der Waals surface area contributed by atoms with Gasteiger partial charge in [-0.2, -0.15) is 18.4 Å². The average molecular weight is 349 g/mol. The highest BCUT2D eigenvalue weighted by molar-refractivity contribution is 5.31. The number of nitrogens with zero attached hydrogens (tertiary/aromatic N) is 3. The molecule has 1 aromatic carbocycles. The summed E-state index contributed by atoms with van der Waals surface area (Å²) in [6.07, 6.45) is -2.76. The number of hydrogen-bond acceptors (Lipinski definition) is 3. The Hall–Kier alpha value is -2.30. The van der Waals surface area contributed by atoms with Gasteiger partial charge in [0.05, 0.1) is 11.7 Å². The van der Waals surface area contributed by atoms with Gasteiger partial charge >= 0.3 is 6.18 Å². The number of benzene rings is 1. The van der Waals surface area contributed by atoms with Gasteiger partial charge in [0.2, 0.25) is 0 Å². The first-order chi connectivity index (χ1) is 11.8. The predicted molar refractivity (Wildman–Crippen MR) is 85.3 cm³/mol. The number of aliphatic hydroxyl groups is 1. The zero-order valence-corrected chi connectivity index (χ0v) is 13.7. The number of aliphatic hydroxyl groups excluding tert-OH is 1. The number of β-amino-alcohol motifs (C(OH)–C–C–N with tert-alkyl or cyclic N) is 1. The summed E-state index contributed by atoms with van der Waals surface area (Å²) in [5, 5.41) is 19.1. The first kappa shape index (κ1) is 17.5. The number of likely N-dealkylation sites (tertiary alicyclic amines) is 1. The molecule has 2 aromatic rings. The molecule has 3 rings (SSSR count). The van der Waals surface area contributed by atoms with E-state index in [1.165, 1.54) is 6.07 Å². The van der Waals surface area contributed by atoms with Gasteiger partial charge in [-0.05, 0) is 35.7 Å². The van der Waals surface area contributed by atoms with Crippen molar-refractivity contribution in [2.75, 3.05) is 6.54 Å². The molecule has 1 aliphatic heterocycles. The summed E-state index contributed by atoms with van der Waals surface area (Å²) in [6, 6.07) is 8.82. The van der Waals surface area contributed by atoms with E-state index in [1.54, 1.807) is 23.7 Å². The van der Waals surface area contributed by atoms with E-state index in [0.717, 1.165) is 17.7 Å². The molecule has 7 heteroatoms. The van der Waals surface area contributed by atoms with E-state index in [2.05, 4.69) is 6.07 Å². The molecule has 0 spiro atoms. The maximum absolute atomic E-state index is 13.0. The molecule has 0 bridgehead atoms. The molecule has 0 radical (unpaired) electrons. The summed E-state index contributed by atoms with van der Waals surface area (Å²) in [5.41, 5.74) is 1.27. The quantitative estimate of drug-likeness (QED) is 0.926. The van der Waals surface area contributed by atoms with Crippen molar-refractivity contribution in [1.82, 2.24) is 9.47 Å². The number of alkyl halides is 3. The van der Waals surface area contributed by atoms with Crippen molar-refractivity contribution in [2.24, 2.45) is 7.05 Å². The van der Waals surface area contributed by atoms with Crippen LogP contribution in [0.25, 0.3) is 0 Å². The summed E-state index contributed by atoms with van der Waals surface area (Å²) in [4.78, 5) is 1.96. The molecule has 2 heterocycles. The second-order valence-electron chi connectivity index (χ2n) is 6.41. The van der Waals surface area contributed by atoms with Crippen LogP contribution in [-0.2, 0) is 19.8 Å². The Morgan fingerprint density at radius 2 is 2.08 bits per heavy atom. The van der Waals surface area contributed by atoms with E-state index in [0.29, 0.717) is 30.8 Å². The van der Waals surface area contributed by atoms with E-state index in [4.69, 9.17) is 5.26 Å². The van der Waals surface area contributed by atoms with Crippen molar-refractivity contribution in [3.63, 3.8) is 0 Å². The van der Waals surface area contributed by atoms with Crippen LogP contribution in [0.4, 0.5) is 13.2 Å². The van der Waals surface area contributed by atoms with E-state index in [9.17, 15) is 18.3 Å². The maximum Gasteiger partial charge on any atom is 0.416 e. The minimum absolute atomic E-state index is 0.289. The molecule has 1 N–H and O–H groups in total. The zero-order chi connectivity index (χ0) is 18.2. The van der Waals surface area contributed by atoms with Crippen LogP contribution >= 0.6 is 0 Å². The van der Waals surface area contributed by atoms with Crippen molar-refractivity contribution in [1.29, 1.82) is 5.26 Å². The number of nitriles is 1. The molecule has 1 fully saturated rings. The topological polar surface area (TPSA) is 52.2 Å². The van der Waals surface area contributed by atoms with Crippen molar-refractivity contribution >= 4 is 0 Å². The number of hydrogen-bond donors (Lipinski definition) is 1. The molecule has 4 nitrogen and oxygen atoms in total. The maximum atomic E-state index is 13.0. The van der Waals surface area contributed by atoms with Gasteiger partial charge in [-0.3, -0.25) is 4.90 Å². The molecule has 1 aromatic heterocycles. The highest BCUT2D eigenvalue weighted by Crippen LogP contribution is 2.36. The molecule has 1 saturated heterocycles. The Kier molecular flexibility index (Phi) is 4.58. The molecular formula is C18H18F3N3O. The van der Waals surface area contributed by atoms with Crippen molar-refractivity contribution in [2.45, 2.75) is 31.3 Å². The fraction of sp³-hybridized carbons (Fsp3) is 0.389. The second kappa shape index (κ2) is 6.54. The van der Waals surface area contributed by atoms with Gasteiger partial charge < -0.3 is 9.67 Å². The fourth-order valence-corrected chi connectivity index (χ4v) is 3.39. The third-order valence-electron chi connectivity index (χ3n) is 4.54. The summed E-state index contributed by atoms with van der Waals surface area (Å²) >= 11 is 0. The van der Waals surface area contributed by atoms with Crippen LogP contribution in [-0.4, -0.2) is 27.2 Å². The van der Waals surface area contributed by atoms with Crippen molar-refractivity contribution < 1.29 is 18.3 Å². The Labute approximate surface area is 143 Å². The van der Waals surface area contributed by atoms with Crippen molar-refractivity contribution in [3.05, 3.63) is 58.9 Å². The van der Waals surface area contributed by atoms with Gasteiger partial charge in [0.1, 0.15) is 11.8 Å². The summed E-state index contributed by atoms with van der Waals surface area (Å²) < 4.78 is 40.6. The van der Waals surface area contributed by atoms with Gasteiger partial charge in [0.25, 0.3) is 0 Å². The molecule has 132 valence electrons. The Morgan fingerprint density at radius 3 is 2.72 bits per heavy atom. The lowest BCUT2D eigenvalue weighted by atomic mass is 10.0. The predicted octanol–water partition coefficient (Wildman–Crippen LogP) is 3.22. The first-order valence-corrected chi connectivity index (χ1v) is 7.92. The van der Waals surface area contributed by atoms with Gasteiger partial charge in [-0.15, -0.1) is 0 Å². The highest BCUT2D eigenvalue weighted by atomic mass is 19.4. The molecule has 2 unspecified atom stereocenters. The van der Waals surface area contributed by atoms with Crippen LogP contribution in [0.5, 0.6) is 0 Å². The van der Waals surface area contributed by atoms with E-state index in [-0.39, 0.29) is 6.04 Å². The molecule has 0 saturated carbocycles. The molecule has 2 atom stereocenters. The smallest absolute Gasteiger partial charge is 0.392 e. The Balaban J connectivity index is 1.86. The average Bonchev–Trinajstić information content (AvgIpc) is 3.09. The van der Waals surface area contributed by atoms with Crippen LogP contribution < -0.4 is 0 Å². The minimum atomic E-state index is -4.39. The second-order valence-corrected chi connectivity index (χ2v) is 6.41. The van der Waals surface area contributed by atoms with Gasteiger partial charge in [-0.1, -0.05) is 12.1 Å². The Bertz CT molecular complexity index is 807. The molecule has 1 aliphatic rings. The number of rotatable bonds is 3. The van der Waals surface area contributed by atoms with E-state index < -0.39 is 17.8 Å². The van der Waals surface area contributed by atoms with E-state index in [1.807, 2.05) is 11.1 Å². The highest BCUT2D eigenvalue weighted by Gasteiger charge is 2.35. The zero-order valence-electron chi connectivity index (χ0n) is 13.7. The lowest BCUT2D eigenvalue weighted by Crippen LogP contribution is -2.24. The SMILES string of the molecule is Cn1cc(CN2CC(O)CC2c2cccc(C(F)(F)F)c2)cc1C#N. The fourth-order valence-electron chi connectivity index (χ4n) is 3.39. The summed E-state index contributed by atoms with van der Waals surface area (Å²) in [7, 11) is 1.77. The lowest BCUT2D eigenvalue weighted by molar-refractivity contribution is -0.137. The van der Waals surface area contributed by atoms with Gasteiger partial charge in [0, 0.05) is 32.4 Å². The van der Waals surface area contributed by atoms with Crippen LogP contribution in [0, 0.1) is 11.3 Å². The molecule has 0 aliphatic carbocycles. The molecular weight excluding hydrogens is 331 g/mol. The monoisotopic (exact) mass is 349 g/mol.